The van der Waals surface area contributed by atoms with E-state index >= 15 is 0 Å². The van der Waals surface area contributed by atoms with Crippen LogP contribution in [0.3, 0.4) is 0 Å². The molecule has 4 N–H and O–H groups in total. The Hall–Kier alpha value is -3.15. The smallest absolute Gasteiger partial charge is 0.204 e. The molecule has 1 aromatic heterocycles. The van der Waals surface area contributed by atoms with E-state index in [0.717, 1.165) is 17.7 Å². The van der Waals surface area contributed by atoms with Crippen molar-refractivity contribution in [3.8, 4) is 23.0 Å². The van der Waals surface area contributed by atoms with Crippen molar-refractivity contribution in [1.82, 2.24) is 0 Å². The van der Waals surface area contributed by atoms with Crippen LogP contribution in [0.25, 0.3) is 21.9 Å². The summed E-state index contributed by atoms with van der Waals surface area (Å²) < 4.78 is 5.44. The highest BCUT2D eigenvalue weighted by atomic mass is 16.4. The number of rotatable bonds is 2. The first-order valence-corrected chi connectivity index (χ1v) is 7.29. The standard InChI is InChI=1S/C18H16O6/c1-8(2)3-4-9-5-11-16(22)14-12(20)6-10(19)7-13(14)24-18(11)17(23)15(9)21/h3,5-7,19-21,23H,4H2,1-2H3. The Morgan fingerprint density at radius 3 is 2.46 bits per heavy atom. The molecule has 0 atom stereocenters. The lowest BCUT2D eigenvalue weighted by Crippen LogP contribution is -2.03. The molecule has 2 aromatic carbocycles. The van der Waals surface area contributed by atoms with Gasteiger partial charge in [0, 0.05) is 17.7 Å². The SMILES string of the molecule is CC(C)=CCc1cc2c(=O)c3c(O)cc(O)cc3oc2c(O)c1O. The molecule has 0 spiro atoms. The molecule has 0 bridgehead atoms. The van der Waals surface area contributed by atoms with E-state index in [9.17, 15) is 25.2 Å². The van der Waals surface area contributed by atoms with Gasteiger partial charge in [0.2, 0.25) is 11.2 Å². The van der Waals surface area contributed by atoms with Crippen molar-refractivity contribution in [2.75, 3.05) is 0 Å². The van der Waals surface area contributed by atoms with Crippen LogP contribution in [0, 0.1) is 0 Å². The van der Waals surface area contributed by atoms with Gasteiger partial charge >= 0.3 is 0 Å². The quantitative estimate of drug-likeness (QED) is 0.326. The van der Waals surface area contributed by atoms with Crippen LogP contribution in [0.2, 0.25) is 0 Å². The van der Waals surface area contributed by atoms with Crippen molar-refractivity contribution < 1.29 is 24.8 Å². The van der Waals surface area contributed by atoms with Crippen LogP contribution in [-0.2, 0) is 6.42 Å². The fourth-order valence-corrected chi connectivity index (χ4v) is 2.58. The number of phenols is 4. The van der Waals surface area contributed by atoms with Gasteiger partial charge in [-0.3, -0.25) is 4.79 Å². The number of aromatic hydroxyl groups is 4. The maximum atomic E-state index is 12.7. The van der Waals surface area contributed by atoms with E-state index in [0.29, 0.717) is 12.0 Å². The molecule has 0 unspecified atom stereocenters. The second kappa shape index (κ2) is 5.49. The summed E-state index contributed by atoms with van der Waals surface area (Å²) in [4.78, 5) is 12.7. The van der Waals surface area contributed by atoms with Crippen molar-refractivity contribution in [1.29, 1.82) is 0 Å². The molecule has 0 amide bonds. The van der Waals surface area contributed by atoms with Crippen molar-refractivity contribution in [2.24, 2.45) is 0 Å². The van der Waals surface area contributed by atoms with Gasteiger partial charge in [-0.1, -0.05) is 11.6 Å². The molecular weight excluding hydrogens is 312 g/mol. The lowest BCUT2D eigenvalue weighted by atomic mass is 10.0. The predicted octanol–water partition coefficient (Wildman–Crippen LogP) is 3.28. The van der Waals surface area contributed by atoms with Crippen LogP contribution < -0.4 is 5.43 Å². The van der Waals surface area contributed by atoms with Crippen molar-refractivity contribution in [3.63, 3.8) is 0 Å². The summed E-state index contributed by atoms with van der Waals surface area (Å²) >= 11 is 0. The first-order valence-electron chi connectivity index (χ1n) is 7.29. The van der Waals surface area contributed by atoms with E-state index in [-0.39, 0.29) is 33.4 Å². The number of fused-ring (bicyclic) bond motifs is 2. The summed E-state index contributed by atoms with van der Waals surface area (Å²) in [6, 6.07) is 3.63. The molecule has 24 heavy (non-hydrogen) atoms. The zero-order chi connectivity index (χ0) is 17.6. The Balaban J connectivity index is 2.42. The summed E-state index contributed by atoms with van der Waals surface area (Å²) in [5.74, 6) is -1.62. The highest BCUT2D eigenvalue weighted by Gasteiger charge is 2.19. The first kappa shape index (κ1) is 15.7. The summed E-state index contributed by atoms with van der Waals surface area (Å²) in [7, 11) is 0. The molecule has 1 heterocycles. The number of hydrogen-bond donors (Lipinski definition) is 4. The largest absolute Gasteiger partial charge is 0.508 e. The fraction of sp³-hybridized carbons (Fsp3) is 0.167. The molecule has 3 aromatic rings. The topological polar surface area (TPSA) is 111 Å². The minimum Gasteiger partial charge on any atom is -0.508 e. The van der Waals surface area contributed by atoms with Crippen LogP contribution in [-0.4, -0.2) is 20.4 Å². The normalized spacial score (nSPS) is 11.1. The maximum Gasteiger partial charge on any atom is 0.204 e. The third-order valence-electron chi connectivity index (χ3n) is 3.79. The van der Waals surface area contributed by atoms with Gasteiger partial charge in [-0.05, 0) is 26.3 Å². The van der Waals surface area contributed by atoms with Gasteiger partial charge in [0.05, 0.1) is 5.39 Å². The number of hydrogen-bond acceptors (Lipinski definition) is 6. The van der Waals surface area contributed by atoms with Gasteiger partial charge in [-0.2, -0.15) is 0 Å². The molecule has 3 rings (SSSR count). The Bertz CT molecular complexity index is 1050. The van der Waals surface area contributed by atoms with Gasteiger partial charge in [0.15, 0.2) is 11.3 Å². The van der Waals surface area contributed by atoms with E-state index in [1.54, 1.807) is 0 Å². The molecule has 0 aliphatic heterocycles. The van der Waals surface area contributed by atoms with Gasteiger partial charge < -0.3 is 24.8 Å². The van der Waals surface area contributed by atoms with Crippen LogP contribution in [0.4, 0.5) is 0 Å². The average molecular weight is 328 g/mol. The average Bonchev–Trinajstić information content (AvgIpc) is 2.49. The van der Waals surface area contributed by atoms with Crippen molar-refractivity contribution in [3.05, 3.63) is 45.6 Å². The monoisotopic (exact) mass is 328 g/mol. The van der Waals surface area contributed by atoms with Crippen LogP contribution in [0.1, 0.15) is 19.4 Å². The Morgan fingerprint density at radius 1 is 1.08 bits per heavy atom. The number of phenolic OH excluding ortho intramolecular Hbond substituents is 4. The Labute approximate surface area is 136 Å². The molecule has 124 valence electrons. The van der Waals surface area contributed by atoms with Gasteiger partial charge in [-0.25, -0.2) is 0 Å². The van der Waals surface area contributed by atoms with Gasteiger partial charge in [0.1, 0.15) is 22.5 Å². The van der Waals surface area contributed by atoms with E-state index in [4.69, 9.17) is 4.42 Å². The fourth-order valence-electron chi connectivity index (χ4n) is 2.58. The minimum atomic E-state index is -0.558. The first-order chi connectivity index (χ1) is 11.3. The zero-order valence-electron chi connectivity index (χ0n) is 13.1. The molecule has 6 heteroatoms. The highest BCUT2D eigenvalue weighted by Crippen LogP contribution is 2.39. The third-order valence-corrected chi connectivity index (χ3v) is 3.79. The summed E-state index contributed by atoms with van der Waals surface area (Å²) in [6.07, 6.45) is 2.18. The number of benzene rings is 2. The maximum absolute atomic E-state index is 12.7. The van der Waals surface area contributed by atoms with E-state index in [1.165, 1.54) is 6.07 Å². The lowest BCUT2D eigenvalue weighted by molar-refractivity contribution is 0.398. The lowest BCUT2D eigenvalue weighted by Gasteiger charge is -2.09. The minimum absolute atomic E-state index is 0.0379. The Kier molecular flexibility index (Phi) is 3.60. The molecule has 6 nitrogen and oxygen atoms in total. The van der Waals surface area contributed by atoms with Crippen LogP contribution in [0.5, 0.6) is 23.0 Å². The molecular formula is C18H16O6. The van der Waals surface area contributed by atoms with Crippen LogP contribution >= 0.6 is 0 Å². The van der Waals surface area contributed by atoms with E-state index in [1.807, 2.05) is 19.9 Å². The third kappa shape index (κ3) is 2.42. The van der Waals surface area contributed by atoms with Crippen molar-refractivity contribution >= 4 is 21.9 Å². The van der Waals surface area contributed by atoms with Gasteiger partial charge in [-0.15, -0.1) is 0 Å². The van der Waals surface area contributed by atoms with Crippen LogP contribution in [0.15, 0.2) is 39.1 Å². The predicted molar refractivity (Wildman–Crippen MR) is 89.8 cm³/mol. The molecule has 0 aliphatic carbocycles. The molecule has 0 saturated carbocycles. The summed E-state index contributed by atoms with van der Waals surface area (Å²) in [6.45, 7) is 3.79. The zero-order valence-corrected chi connectivity index (χ0v) is 13.1. The Morgan fingerprint density at radius 2 is 1.79 bits per heavy atom. The van der Waals surface area contributed by atoms with E-state index in [2.05, 4.69) is 0 Å². The molecule has 0 fully saturated rings. The second-order valence-corrected chi connectivity index (χ2v) is 5.86. The van der Waals surface area contributed by atoms with Crippen molar-refractivity contribution in [2.45, 2.75) is 20.3 Å². The van der Waals surface area contributed by atoms with Gasteiger partial charge in [0.25, 0.3) is 0 Å². The summed E-state index contributed by atoms with van der Waals surface area (Å²) in [5, 5.41) is 39.7. The highest BCUT2D eigenvalue weighted by molar-refractivity contribution is 5.97. The molecule has 0 saturated heterocycles. The molecule has 0 aliphatic rings. The second-order valence-electron chi connectivity index (χ2n) is 5.86. The number of allylic oxidation sites excluding steroid dienone is 2. The summed E-state index contributed by atoms with van der Waals surface area (Å²) in [5.41, 5.74) is 0.545. The van der Waals surface area contributed by atoms with E-state index < -0.39 is 16.9 Å². The molecule has 0 radical (unpaired) electrons.